The molecular formula is C18H17NO2S. The van der Waals surface area contributed by atoms with Crippen LogP contribution in [-0.2, 0) is 13.2 Å². The van der Waals surface area contributed by atoms with Crippen LogP contribution in [0.15, 0.2) is 54.6 Å². The average molecular weight is 311 g/mol. The first-order chi connectivity index (χ1) is 10.8. The lowest BCUT2D eigenvalue weighted by molar-refractivity contribution is 0.284. The van der Waals surface area contributed by atoms with E-state index >= 15 is 0 Å². The molecule has 3 nitrogen and oxygen atoms in total. The van der Waals surface area contributed by atoms with Gasteiger partial charge >= 0.3 is 0 Å². The van der Waals surface area contributed by atoms with Crippen LogP contribution in [0.25, 0.3) is 10.6 Å². The lowest BCUT2D eigenvalue weighted by Gasteiger charge is -2.07. The van der Waals surface area contributed by atoms with Gasteiger partial charge in [0.15, 0.2) is 0 Å². The second kappa shape index (κ2) is 6.73. The quantitative estimate of drug-likeness (QED) is 0.768. The molecule has 0 atom stereocenters. The third kappa shape index (κ3) is 3.35. The van der Waals surface area contributed by atoms with Crippen molar-refractivity contribution in [1.82, 2.24) is 4.98 Å². The molecule has 0 saturated heterocycles. The number of hydrogen-bond acceptors (Lipinski definition) is 4. The average Bonchev–Trinajstić information content (AvgIpc) is 2.95. The Balaban J connectivity index is 1.77. The second-order valence-electron chi connectivity index (χ2n) is 4.99. The molecule has 1 aromatic heterocycles. The highest BCUT2D eigenvalue weighted by Gasteiger charge is 2.09. The Bertz CT molecular complexity index is 753. The largest absolute Gasteiger partial charge is 0.489 e. The molecule has 1 heterocycles. The fraction of sp³-hybridized carbons (Fsp3) is 0.167. The third-order valence-electron chi connectivity index (χ3n) is 3.37. The van der Waals surface area contributed by atoms with Gasteiger partial charge in [0, 0.05) is 5.56 Å². The molecule has 0 radical (unpaired) electrons. The van der Waals surface area contributed by atoms with Crippen molar-refractivity contribution in [2.45, 2.75) is 20.1 Å². The molecule has 3 aromatic rings. The van der Waals surface area contributed by atoms with Crippen LogP contribution in [-0.4, -0.2) is 10.1 Å². The van der Waals surface area contributed by atoms with Crippen LogP contribution < -0.4 is 4.74 Å². The molecule has 2 aromatic carbocycles. The fourth-order valence-electron chi connectivity index (χ4n) is 2.16. The number of aromatic nitrogens is 1. The molecule has 0 aliphatic carbocycles. The van der Waals surface area contributed by atoms with E-state index in [9.17, 15) is 5.11 Å². The first-order valence-electron chi connectivity index (χ1n) is 7.10. The van der Waals surface area contributed by atoms with Crippen LogP contribution in [0.2, 0.25) is 0 Å². The van der Waals surface area contributed by atoms with E-state index in [1.807, 2.05) is 61.5 Å². The standard InChI is InChI=1S/C18H17NO2S/c1-13-17(11-20)22-18(19-13)15-8-5-9-16(10-15)21-12-14-6-3-2-4-7-14/h2-10,20H,11-12H2,1H3. The van der Waals surface area contributed by atoms with E-state index in [1.165, 1.54) is 11.3 Å². The van der Waals surface area contributed by atoms with Gasteiger partial charge in [-0.1, -0.05) is 42.5 Å². The SMILES string of the molecule is Cc1nc(-c2cccc(OCc3ccccc3)c2)sc1CO. The molecule has 0 amide bonds. The lowest BCUT2D eigenvalue weighted by Crippen LogP contribution is -1.94. The molecule has 0 fully saturated rings. The third-order valence-corrected chi connectivity index (χ3v) is 4.56. The summed E-state index contributed by atoms with van der Waals surface area (Å²) in [5.41, 5.74) is 3.04. The Morgan fingerprint density at radius 1 is 1.09 bits per heavy atom. The van der Waals surface area contributed by atoms with E-state index in [4.69, 9.17) is 4.74 Å². The van der Waals surface area contributed by atoms with Crippen LogP contribution in [0.5, 0.6) is 5.75 Å². The minimum absolute atomic E-state index is 0.0354. The zero-order valence-corrected chi connectivity index (χ0v) is 13.1. The molecule has 0 spiro atoms. The maximum absolute atomic E-state index is 9.29. The van der Waals surface area contributed by atoms with Gasteiger partial charge in [0.05, 0.1) is 17.2 Å². The van der Waals surface area contributed by atoms with Crippen LogP contribution in [0.4, 0.5) is 0 Å². The Morgan fingerprint density at radius 2 is 1.91 bits per heavy atom. The molecule has 1 N–H and O–H groups in total. The zero-order valence-electron chi connectivity index (χ0n) is 12.3. The van der Waals surface area contributed by atoms with E-state index in [2.05, 4.69) is 4.98 Å². The van der Waals surface area contributed by atoms with E-state index in [0.717, 1.165) is 32.5 Å². The number of hydrogen-bond donors (Lipinski definition) is 1. The highest BCUT2D eigenvalue weighted by Crippen LogP contribution is 2.30. The number of aliphatic hydroxyl groups is 1. The smallest absolute Gasteiger partial charge is 0.124 e. The molecule has 0 bridgehead atoms. The summed E-state index contributed by atoms with van der Waals surface area (Å²) in [5.74, 6) is 0.819. The van der Waals surface area contributed by atoms with Crippen molar-refractivity contribution in [2.24, 2.45) is 0 Å². The number of benzene rings is 2. The Hall–Kier alpha value is -2.17. The summed E-state index contributed by atoms with van der Waals surface area (Å²) in [7, 11) is 0. The number of aliphatic hydroxyl groups excluding tert-OH is 1. The topological polar surface area (TPSA) is 42.4 Å². The molecule has 3 rings (SSSR count). The summed E-state index contributed by atoms with van der Waals surface area (Å²) in [5, 5.41) is 10.2. The Morgan fingerprint density at radius 3 is 2.64 bits per heavy atom. The molecule has 112 valence electrons. The van der Waals surface area contributed by atoms with Crippen LogP contribution in [0.3, 0.4) is 0 Å². The van der Waals surface area contributed by atoms with Crippen LogP contribution >= 0.6 is 11.3 Å². The number of aryl methyl sites for hydroxylation is 1. The predicted octanol–water partition coefficient (Wildman–Crippen LogP) is 4.19. The molecule has 4 heteroatoms. The minimum Gasteiger partial charge on any atom is -0.489 e. The van der Waals surface area contributed by atoms with Crippen LogP contribution in [0.1, 0.15) is 16.1 Å². The summed E-state index contributed by atoms with van der Waals surface area (Å²) < 4.78 is 5.85. The van der Waals surface area contributed by atoms with Gasteiger partial charge in [0.1, 0.15) is 17.4 Å². The molecule has 0 saturated carbocycles. The minimum atomic E-state index is 0.0354. The van der Waals surface area contributed by atoms with Crippen molar-refractivity contribution in [1.29, 1.82) is 0 Å². The lowest BCUT2D eigenvalue weighted by atomic mass is 10.2. The highest BCUT2D eigenvalue weighted by molar-refractivity contribution is 7.15. The summed E-state index contributed by atoms with van der Waals surface area (Å²) in [4.78, 5) is 5.42. The summed E-state index contributed by atoms with van der Waals surface area (Å²) in [6, 6.07) is 18.0. The van der Waals surface area contributed by atoms with Gasteiger partial charge in [-0.15, -0.1) is 11.3 Å². The van der Waals surface area contributed by atoms with Crippen molar-refractivity contribution in [3.8, 4) is 16.3 Å². The summed E-state index contributed by atoms with van der Waals surface area (Å²) in [6.45, 7) is 2.50. The van der Waals surface area contributed by atoms with E-state index in [1.54, 1.807) is 0 Å². The first-order valence-corrected chi connectivity index (χ1v) is 7.92. The van der Waals surface area contributed by atoms with Gasteiger partial charge in [-0.05, 0) is 24.6 Å². The maximum Gasteiger partial charge on any atom is 0.124 e. The summed E-state index contributed by atoms with van der Waals surface area (Å²) >= 11 is 1.52. The number of rotatable bonds is 5. The molecule has 0 unspecified atom stereocenters. The Kier molecular flexibility index (Phi) is 4.51. The highest BCUT2D eigenvalue weighted by atomic mass is 32.1. The normalized spacial score (nSPS) is 10.6. The number of nitrogens with zero attached hydrogens (tertiary/aromatic N) is 1. The van der Waals surface area contributed by atoms with E-state index < -0.39 is 0 Å². The second-order valence-corrected chi connectivity index (χ2v) is 6.07. The van der Waals surface area contributed by atoms with Gasteiger partial charge in [-0.3, -0.25) is 0 Å². The maximum atomic E-state index is 9.29. The Labute approximate surface area is 133 Å². The van der Waals surface area contributed by atoms with Gasteiger partial charge in [-0.25, -0.2) is 4.98 Å². The van der Waals surface area contributed by atoms with Gasteiger partial charge in [-0.2, -0.15) is 0 Å². The van der Waals surface area contributed by atoms with Crippen molar-refractivity contribution in [3.05, 3.63) is 70.7 Å². The monoisotopic (exact) mass is 311 g/mol. The predicted molar refractivity (Wildman–Crippen MR) is 89.0 cm³/mol. The number of thiazole rings is 1. The van der Waals surface area contributed by atoms with Gasteiger partial charge in [0.2, 0.25) is 0 Å². The molecule has 0 aliphatic heterocycles. The van der Waals surface area contributed by atoms with Gasteiger partial charge in [0.25, 0.3) is 0 Å². The molecular weight excluding hydrogens is 294 g/mol. The number of ether oxygens (including phenoxy) is 1. The van der Waals surface area contributed by atoms with Crippen molar-refractivity contribution in [2.75, 3.05) is 0 Å². The first kappa shape index (κ1) is 14.8. The molecule has 0 aliphatic rings. The van der Waals surface area contributed by atoms with Crippen LogP contribution in [0, 0.1) is 6.92 Å². The summed E-state index contributed by atoms with van der Waals surface area (Å²) in [6.07, 6.45) is 0. The van der Waals surface area contributed by atoms with E-state index in [-0.39, 0.29) is 6.61 Å². The van der Waals surface area contributed by atoms with E-state index in [0.29, 0.717) is 6.61 Å². The fourth-order valence-corrected chi connectivity index (χ4v) is 3.08. The zero-order chi connectivity index (χ0) is 15.4. The molecule has 22 heavy (non-hydrogen) atoms. The van der Waals surface area contributed by atoms with Gasteiger partial charge < -0.3 is 9.84 Å². The van der Waals surface area contributed by atoms with Crippen molar-refractivity contribution < 1.29 is 9.84 Å². The van der Waals surface area contributed by atoms with Crippen molar-refractivity contribution >= 4 is 11.3 Å². The van der Waals surface area contributed by atoms with Crippen molar-refractivity contribution in [3.63, 3.8) is 0 Å².